The van der Waals surface area contributed by atoms with Gasteiger partial charge in [0.1, 0.15) is 5.69 Å². The molecule has 1 unspecified atom stereocenters. The molecule has 1 saturated carbocycles. The molecule has 2 N–H and O–H groups in total. The molecule has 0 spiro atoms. The van der Waals surface area contributed by atoms with Gasteiger partial charge in [-0.15, -0.1) is 0 Å². The topological polar surface area (TPSA) is 93.5 Å². The number of hydrogen-bond acceptors (Lipinski definition) is 5. The largest absolute Gasteiger partial charge is 0.481 e. The highest BCUT2D eigenvalue weighted by Crippen LogP contribution is 2.39. The van der Waals surface area contributed by atoms with Gasteiger partial charge in [0.25, 0.3) is 11.6 Å². The average Bonchev–Trinajstić information content (AvgIpc) is 3.21. The molecule has 1 heterocycles. The second-order valence-corrected chi connectivity index (χ2v) is 5.68. The predicted molar refractivity (Wildman–Crippen MR) is 77.6 cm³/mol. The summed E-state index contributed by atoms with van der Waals surface area (Å²) in [5, 5.41) is 17.1. The third-order valence-electron chi connectivity index (χ3n) is 3.71. The van der Waals surface area contributed by atoms with Crippen molar-refractivity contribution in [3.63, 3.8) is 0 Å². The van der Waals surface area contributed by atoms with E-state index in [0.29, 0.717) is 17.1 Å². The molecule has 3 rings (SSSR count). The van der Waals surface area contributed by atoms with E-state index in [-0.39, 0.29) is 24.2 Å². The number of amides is 1. The molecule has 0 aromatic heterocycles. The molecular formula is C14H17N3O4. The van der Waals surface area contributed by atoms with Crippen molar-refractivity contribution in [3.05, 3.63) is 22.2 Å². The summed E-state index contributed by atoms with van der Waals surface area (Å²) < 4.78 is 5.22. The van der Waals surface area contributed by atoms with Crippen LogP contribution in [0.2, 0.25) is 0 Å². The van der Waals surface area contributed by atoms with Crippen molar-refractivity contribution in [2.45, 2.75) is 32.2 Å². The van der Waals surface area contributed by atoms with Crippen molar-refractivity contribution in [1.29, 1.82) is 0 Å². The first-order valence-electron chi connectivity index (χ1n) is 7.04. The SMILES string of the molecule is CC(CC1CC1)Nc1cc2c(cc1[N+](=O)[O-])OCC(=O)N2. The van der Waals surface area contributed by atoms with Gasteiger partial charge in [0.05, 0.1) is 16.7 Å². The fourth-order valence-electron chi connectivity index (χ4n) is 2.56. The summed E-state index contributed by atoms with van der Waals surface area (Å²) in [6, 6.07) is 3.09. The van der Waals surface area contributed by atoms with Gasteiger partial charge >= 0.3 is 0 Å². The third-order valence-corrected chi connectivity index (χ3v) is 3.71. The van der Waals surface area contributed by atoms with Crippen molar-refractivity contribution in [3.8, 4) is 5.75 Å². The van der Waals surface area contributed by atoms with E-state index in [2.05, 4.69) is 10.6 Å². The summed E-state index contributed by atoms with van der Waals surface area (Å²) in [6.45, 7) is 1.89. The summed E-state index contributed by atoms with van der Waals surface area (Å²) in [5.74, 6) is 0.808. The maximum Gasteiger partial charge on any atom is 0.296 e. The number of nitrogens with one attached hydrogen (secondary N) is 2. The molecule has 1 fully saturated rings. The lowest BCUT2D eigenvalue weighted by Gasteiger charge is -2.20. The number of anilines is 2. The van der Waals surface area contributed by atoms with E-state index < -0.39 is 4.92 Å². The maximum absolute atomic E-state index is 11.3. The van der Waals surface area contributed by atoms with Gasteiger partial charge in [-0.05, 0) is 25.3 Å². The van der Waals surface area contributed by atoms with E-state index in [1.165, 1.54) is 18.9 Å². The van der Waals surface area contributed by atoms with Gasteiger partial charge in [-0.3, -0.25) is 14.9 Å². The summed E-state index contributed by atoms with van der Waals surface area (Å²) in [4.78, 5) is 22.1. The Labute approximate surface area is 121 Å². The van der Waals surface area contributed by atoms with Gasteiger partial charge in [0.2, 0.25) is 0 Å². The summed E-state index contributed by atoms with van der Waals surface area (Å²) in [5.41, 5.74) is 0.850. The third kappa shape index (κ3) is 3.07. The Bertz CT molecular complexity index is 598. The zero-order valence-corrected chi connectivity index (χ0v) is 11.7. The van der Waals surface area contributed by atoms with Gasteiger partial charge in [-0.1, -0.05) is 12.8 Å². The number of ether oxygens (including phenoxy) is 1. The molecule has 21 heavy (non-hydrogen) atoms. The first-order chi connectivity index (χ1) is 10.0. The number of carbonyl (C=O) groups is 1. The maximum atomic E-state index is 11.3. The van der Waals surface area contributed by atoms with Crippen LogP contribution in [-0.4, -0.2) is 23.5 Å². The zero-order valence-electron chi connectivity index (χ0n) is 11.7. The number of fused-ring (bicyclic) bond motifs is 1. The molecule has 0 radical (unpaired) electrons. The molecule has 1 aliphatic heterocycles. The minimum atomic E-state index is -0.438. The highest BCUT2D eigenvalue weighted by Gasteiger charge is 2.27. The molecule has 1 aromatic rings. The second kappa shape index (κ2) is 5.23. The summed E-state index contributed by atoms with van der Waals surface area (Å²) >= 11 is 0. The van der Waals surface area contributed by atoms with Crippen LogP contribution in [-0.2, 0) is 4.79 Å². The van der Waals surface area contributed by atoms with Gasteiger partial charge in [-0.25, -0.2) is 0 Å². The standard InChI is InChI=1S/C14H17N3O4/c1-8(4-9-2-3-9)15-10-5-11-13(6-12(10)17(19)20)21-7-14(18)16-11/h5-6,8-9,15H,2-4,7H2,1H3,(H,16,18). The van der Waals surface area contributed by atoms with E-state index >= 15 is 0 Å². The van der Waals surface area contributed by atoms with Crippen molar-refractivity contribution < 1.29 is 14.5 Å². The van der Waals surface area contributed by atoms with Gasteiger partial charge in [0.15, 0.2) is 12.4 Å². The van der Waals surface area contributed by atoms with Crippen LogP contribution in [0, 0.1) is 16.0 Å². The number of rotatable bonds is 5. The quantitative estimate of drug-likeness (QED) is 0.642. The Morgan fingerprint density at radius 1 is 1.52 bits per heavy atom. The Morgan fingerprint density at radius 2 is 2.29 bits per heavy atom. The molecule has 1 aliphatic carbocycles. The predicted octanol–water partition coefficient (Wildman–Crippen LogP) is 2.53. The molecule has 7 nitrogen and oxygen atoms in total. The first kappa shape index (κ1) is 13.7. The van der Waals surface area contributed by atoms with Crippen LogP contribution < -0.4 is 15.4 Å². The second-order valence-electron chi connectivity index (χ2n) is 5.68. The van der Waals surface area contributed by atoms with Gasteiger partial charge < -0.3 is 15.4 Å². The fraction of sp³-hybridized carbons (Fsp3) is 0.500. The van der Waals surface area contributed by atoms with Crippen molar-refractivity contribution >= 4 is 23.0 Å². The van der Waals surface area contributed by atoms with Crippen molar-refractivity contribution in [2.75, 3.05) is 17.2 Å². The van der Waals surface area contributed by atoms with E-state index in [4.69, 9.17) is 4.74 Å². The number of carbonyl (C=O) groups excluding carboxylic acids is 1. The normalized spacial score (nSPS) is 18.2. The Hall–Kier alpha value is -2.31. The van der Waals surface area contributed by atoms with E-state index in [1.807, 2.05) is 6.92 Å². The lowest BCUT2D eigenvalue weighted by atomic mass is 10.1. The Kier molecular flexibility index (Phi) is 3.40. The fourth-order valence-corrected chi connectivity index (χ4v) is 2.56. The van der Waals surface area contributed by atoms with Crippen LogP contribution in [0.15, 0.2) is 12.1 Å². The molecular weight excluding hydrogens is 274 g/mol. The monoisotopic (exact) mass is 291 g/mol. The van der Waals surface area contributed by atoms with Gasteiger partial charge in [-0.2, -0.15) is 0 Å². The van der Waals surface area contributed by atoms with Crippen LogP contribution in [0.3, 0.4) is 0 Å². The van der Waals surface area contributed by atoms with E-state index in [0.717, 1.165) is 12.3 Å². The summed E-state index contributed by atoms with van der Waals surface area (Å²) in [6.07, 6.45) is 3.47. The lowest BCUT2D eigenvalue weighted by Crippen LogP contribution is -2.26. The smallest absolute Gasteiger partial charge is 0.296 e. The summed E-state index contributed by atoms with van der Waals surface area (Å²) in [7, 11) is 0. The first-order valence-corrected chi connectivity index (χ1v) is 7.04. The minimum absolute atomic E-state index is 0.0347. The molecule has 0 saturated heterocycles. The van der Waals surface area contributed by atoms with Crippen molar-refractivity contribution in [2.24, 2.45) is 5.92 Å². The van der Waals surface area contributed by atoms with Crippen LogP contribution in [0.4, 0.5) is 17.1 Å². The van der Waals surface area contributed by atoms with E-state index in [1.54, 1.807) is 6.07 Å². The average molecular weight is 291 g/mol. The molecule has 112 valence electrons. The minimum Gasteiger partial charge on any atom is -0.481 e. The van der Waals surface area contributed by atoms with Crippen LogP contribution in [0.25, 0.3) is 0 Å². The lowest BCUT2D eigenvalue weighted by molar-refractivity contribution is -0.384. The highest BCUT2D eigenvalue weighted by molar-refractivity contribution is 5.96. The molecule has 0 bridgehead atoms. The molecule has 1 atom stereocenters. The molecule has 1 aromatic carbocycles. The van der Waals surface area contributed by atoms with Crippen molar-refractivity contribution in [1.82, 2.24) is 0 Å². The number of benzene rings is 1. The number of hydrogen-bond donors (Lipinski definition) is 2. The molecule has 7 heteroatoms. The van der Waals surface area contributed by atoms with Crippen LogP contribution in [0.5, 0.6) is 5.75 Å². The van der Waals surface area contributed by atoms with Crippen LogP contribution in [0.1, 0.15) is 26.2 Å². The Morgan fingerprint density at radius 3 is 2.95 bits per heavy atom. The number of nitrogens with zero attached hydrogens (tertiary/aromatic N) is 1. The number of nitro benzene ring substituents is 1. The molecule has 1 amide bonds. The van der Waals surface area contributed by atoms with E-state index in [9.17, 15) is 14.9 Å². The highest BCUT2D eigenvalue weighted by atomic mass is 16.6. The van der Waals surface area contributed by atoms with Gasteiger partial charge in [0, 0.05) is 6.04 Å². The number of nitro groups is 1. The Balaban J connectivity index is 1.87. The zero-order chi connectivity index (χ0) is 15.0. The van der Waals surface area contributed by atoms with Crippen LogP contribution >= 0.6 is 0 Å². The molecule has 2 aliphatic rings.